The Morgan fingerprint density at radius 2 is 2.56 bits per heavy atom. The Morgan fingerprint density at radius 3 is 3.25 bits per heavy atom. The molecule has 0 unspecified atom stereocenters. The van der Waals surface area contributed by atoms with Gasteiger partial charge in [-0.2, -0.15) is 0 Å². The summed E-state index contributed by atoms with van der Waals surface area (Å²) in [6.07, 6.45) is 2.36. The van der Waals surface area contributed by atoms with E-state index in [2.05, 4.69) is 11.8 Å². The molecule has 88 valence electrons. The van der Waals surface area contributed by atoms with Crippen LogP contribution in [0.4, 0.5) is 0 Å². The highest BCUT2D eigenvalue weighted by Gasteiger charge is 2.24. The average molecular weight is 239 g/mol. The molecule has 1 aliphatic rings. The molecule has 2 rings (SSSR count). The fraction of sp³-hybridized carbons (Fsp3) is 0.583. The molecule has 0 N–H and O–H groups in total. The van der Waals surface area contributed by atoms with E-state index >= 15 is 0 Å². The fourth-order valence-corrected chi connectivity index (χ4v) is 2.75. The number of hydrogen-bond donors (Lipinski definition) is 0. The van der Waals surface area contributed by atoms with Crippen LogP contribution in [-0.2, 0) is 4.74 Å². The average Bonchev–Trinajstić information content (AvgIpc) is 2.96. The van der Waals surface area contributed by atoms with Crippen LogP contribution in [0.5, 0.6) is 0 Å². The van der Waals surface area contributed by atoms with Crippen LogP contribution in [0.15, 0.2) is 17.5 Å². The van der Waals surface area contributed by atoms with Gasteiger partial charge in [-0.15, -0.1) is 11.3 Å². The molecule has 1 saturated heterocycles. The van der Waals surface area contributed by atoms with Crippen LogP contribution >= 0.6 is 11.3 Å². The van der Waals surface area contributed by atoms with E-state index in [0.717, 1.165) is 19.5 Å². The van der Waals surface area contributed by atoms with Gasteiger partial charge in [-0.3, -0.25) is 4.90 Å². The van der Waals surface area contributed by atoms with Crippen molar-refractivity contribution in [2.24, 2.45) is 0 Å². The van der Waals surface area contributed by atoms with E-state index in [9.17, 15) is 4.79 Å². The van der Waals surface area contributed by atoms with Crippen LogP contribution < -0.4 is 0 Å². The predicted octanol–water partition coefficient (Wildman–Crippen LogP) is 2.39. The minimum Gasteiger partial charge on any atom is -0.460 e. The van der Waals surface area contributed by atoms with Crippen LogP contribution in [0.1, 0.15) is 29.4 Å². The maximum absolute atomic E-state index is 11.6. The number of ether oxygens (including phenoxy) is 1. The number of nitrogens with zero attached hydrogens (tertiary/aromatic N) is 1. The van der Waals surface area contributed by atoms with Gasteiger partial charge in [-0.05, 0) is 37.4 Å². The molecule has 0 aromatic carbocycles. The molecule has 1 aromatic rings. The van der Waals surface area contributed by atoms with Gasteiger partial charge in [-0.1, -0.05) is 13.0 Å². The molecule has 0 aliphatic carbocycles. The minimum atomic E-state index is -0.182. The van der Waals surface area contributed by atoms with E-state index < -0.39 is 0 Å². The highest BCUT2D eigenvalue weighted by Crippen LogP contribution is 2.18. The zero-order valence-corrected chi connectivity index (χ0v) is 10.3. The zero-order valence-electron chi connectivity index (χ0n) is 9.52. The van der Waals surface area contributed by atoms with Crippen LogP contribution in [0, 0.1) is 0 Å². The van der Waals surface area contributed by atoms with Gasteiger partial charge in [0.25, 0.3) is 0 Å². The molecule has 0 bridgehead atoms. The van der Waals surface area contributed by atoms with Crippen molar-refractivity contribution in [2.45, 2.75) is 25.8 Å². The van der Waals surface area contributed by atoms with Crippen molar-refractivity contribution in [2.75, 3.05) is 19.7 Å². The Morgan fingerprint density at radius 1 is 1.69 bits per heavy atom. The van der Waals surface area contributed by atoms with Crippen molar-refractivity contribution >= 4 is 17.3 Å². The number of likely N-dealkylation sites (tertiary alicyclic amines) is 1. The number of likely N-dealkylation sites (N-methyl/N-ethyl adjacent to an activating group) is 1. The number of rotatable bonds is 4. The highest BCUT2D eigenvalue weighted by molar-refractivity contribution is 7.11. The second-order valence-electron chi connectivity index (χ2n) is 4.00. The second kappa shape index (κ2) is 5.46. The molecule has 1 atom stereocenters. The lowest BCUT2D eigenvalue weighted by Gasteiger charge is -2.21. The van der Waals surface area contributed by atoms with Crippen molar-refractivity contribution in [3.8, 4) is 0 Å². The summed E-state index contributed by atoms with van der Waals surface area (Å²) in [5, 5.41) is 1.89. The summed E-state index contributed by atoms with van der Waals surface area (Å²) in [6, 6.07) is 4.10. The van der Waals surface area contributed by atoms with E-state index in [4.69, 9.17) is 4.74 Å². The summed E-state index contributed by atoms with van der Waals surface area (Å²) < 4.78 is 5.33. The first-order chi connectivity index (χ1) is 7.81. The number of carbonyl (C=O) groups excluding carboxylic acids is 1. The molecule has 3 nitrogen and oxygen atoms in total. The van der Waals surface area contributed by atoms with Gasteiger partial charge in [0.15, 0.2) is 0 Å². The fourth-order valence-electron chi connectivity index (χ4n) is 2.14. The van der Waals surface area contributed by atoms with Crippen molar-refractivity contribution in [1.82, 2.24) is 4.90 Å². The number of hydrogen-bond acceptors (Lipinski definition) is 4. The number of esters is 1. The summed E-state index contributed by atoms with van der Waals surface area (Å²) in [6.45, 7) is 4.86. The van der Waals surface area contributed by atoms with Crippen LogP contribution in [0.3, 0.4) is 0 Å². The Bertz CT molecular complexity index is 337. The van der Waals surface area contributed by atoms with Gasteiger partial charge in [-0.25, -0.2) is 4.79 Å². The smallest absolute Gasteiger partial charge is 0.348 e. The zero-order chi connectivity index (χ0) is 11.4. The topological polar surface area (TPSA) is 29.5 Å². The third-order valence-electron chi connectivity index (χ3n) is 3.03. The predicted molar refractivity (Wildman–Crippen MR) is 64.9 cm³/mol. The lowest BCUT2D eigenvalue weighted by molar-refractivity contribution is 0.0407. The number of carbonyl (C=O) groups is 1. The number of thiophene rings is 1. The molecule has 1 fully saturated rings. The maximum Gasteiger partial charge on any atom is 0.348 e. The van der Waals surface area contributed by atoms with Crippen LogP contribution in [0.2, 0.25) is 0 Å². The van der Waals surface area contributed by atoms with Gasteiger partial charge in [0.05, 0.1) is 0 Å². The molecule has 4 heteroatoms. The van der Waals surface area contributed by atoms with E-state index in [1.54, 1.807) is 6.07 Å². The molecule has 0 spiro atoms. The van der Waals surface area contributed by atoms with E-state index in [1.165, 1.54) is 17.8 Å². The standard InChI is InChI=1S/C12H17NO2S/c1-2-13-7-3-5-10(13)9-15-12(14)11-6-4-8-16-11/h4,6,8,10H,2-3,5,7,9H2,1H3/t10-/m0/s1. The van der Waals surface area contributed by atoms with Gasteiger partial charge in [0.1, 0.15) is 11.5 Å². The normalized spacial score (nSPS) is 21.2. The van der Waals surface area contributed by atoms with Gasteiger partial charge < -0.3 is 4.74 Å². The first-order valence-electron chi connectivity index (χ1n) is 5.76. The molecule has 0 radical (unpaired) electrons. The van der Waals surface area contributed by atoms with E-state index in [0.29, 0.717) is 17.5 Å². The summed E-state index contributed by atoms with van der Waals surface area (Å²) in [5.74, 6) is -0.182. The lowest BCUT2D eigenvalue weighted by atomic mass is 10.2. The molecular weight excluding hydrogens is 222 g/mol. The Balaban J connectivity index is 1.81. The highest BCUT2D eigenvalue weighted by atomic mass is 32.1. The first-order valence-corrected chi connectivity index (χ1v) is 6.64. The van der Waals surface area contributed by atoms with E-state index in [1.807, 2.05) is 11.4 Å². The second-order valence-corrected chi connectivity index (χ2v) is 4.95. The molecule has 0 saturated carbocycles. The van der Waals surface area contributed by atoms with Crippen molar-refractivity contribution in [1.29, 1.82) is 0 Å². The summed E-state index contributed by atoms with van der Waals surface area (Å²) >= 11 is 1.43. The third-order valence-corrected chi connectivity index (χ3v) is 3.88. The molecule has 1 aromatic heterocycles. The summed E-state index contributed by atoms with van der Waals surface area (Å²) in [5.41, 5.74) is 0. The van der Waals surface area contributed by atoms with E-state index in [-0.39, 0.29) is 5.97 Å². The van der Waals surface area contributed by atoms with Crippen molar-refractivity contribution < 1.29 is 9.53 Å². The van der Waals surface area contributed by atoms with Gasteiger partial charge in [0, 0.05) is 6.04 Å². The Kier molecular flexibility index (Phi) is 3.96. The molecule has 0 amide bonds. The minimum absolute atomic E-state index is 0.182. The lowest BCUT2D eigenvalue weighted by Crippen LogP contribution is -2.33. The quantitative estimate of drug-likeness (QED) is 0.756. The molecular formula is C12H17NO2S. The van der Waals surface area contributed by atoms with Crippen molar-refractivity contribution in [3.05, 3.63) is 22.4 Å². The van der Waals surface area contributed by atoms with Gasteiger partial charge in [0.2, 0.25) is 0 Å². The first kappa shape index (κ1) is 11.6. The third kappa shape index (κ3) is 2.62. The monoisotopic (exact) mass is 239 g/mol. The summed E-state index contributed by atoms with van der Waals surface area (Å²) in [4.78, 5) is 14.7. The van der Waals surface area contributed by atoms with Gasteiger partial charge >= 0.3 is 5.97 Å². The molecule has 1 aliphatic heterocycles. The Labute approximate surface area is 100 Å². The van der Waals surface area contributed by atoms with Crippen molar-refractivity contribution in [3.63, 3.8) is 0 Å². The molecule has 2 heterocycles. The van der Waals surface area contributed by atoms with Crippen LogP contribution in [0.25, 0.3) is 0 Å². The Hall–Kier alpha value is -0.870. The molecule has 16 heavy (non-hydrogen) atoms. The summed E-state index contributed by atoms with van der Waals surface area (Å²) in [7, 11) is 0. The van der Waals surface area contributed by atoms with Crippen LogP contribution in [-0.4, -0.2) is 36.6 Å². The maximum atomic E-state index is 11.6. The SMILES string of the molecule is CCN1CCC[C@H]1COC(=O)c1cccs1. The largest absolute Gasteiger partial charge is 0.460 e.